The summed E-state index contributed by atoms with van der Waals surface area (Å²) in [5, 5.41) is 11.6. The van der Waals surface area contributed by atoms with E-state index in [0.717, 1.165) is 22.1 Å². The normalized spacial score (nSPS) is 10.9. The standard InChI is InChI=1S/C13H12N4OS3/c1-19-8-11-16-17-13(18-11)21-7-9-6-20-12(15-9)10-4-2-3-5-14-10/h2-6H,7-8H2,1H3. The Morgan fingerprint density at radius 2 is 2.19 bits per heavy atom. The van der Waals surface area contributed by atoms with Gasteiger partial charge in [0.15, 0.2) is 0 Å². The first-order chi connectivity index (χ1) is 10.3. The second-order valence-electron chi connectivity index (χ2n) is 4.04. The van der Waals surface area contributed by atoms with E-state index in [-0.39, 0.29) is 0 Å². The van der Waals surface area contributed by atoms with E-state index in [1.807, 2.05) is 29.8 Å². The third-order valence-corrected chi connectivity index (χ3v) is 4.80. The van der Waals surface area contributed by atoms with Crippen molar-refractivity contribution in [3.05, 3.63) is 41.4 Å². The Morgan fingerprint density at radius 3 is 3.00 bits per heavy atom. The van der Waals surface area contributed by atoms with E-state index in [4.69, 9.17) is 4.42 Å². The predicted molar refractivity (Wildman–Crippen MR) is 86.4 cm³/mol. The van der Waals surface area contributed by atoms with Gasteiger partial charge >= 0.3 is 0 Å². The Kier molecular flexibility index (Phi) is 4.89. The molecule has 0 amide bonds. The fourth-order valence-electron chi connectivity index (χ4n) is 1.59. The van der Waals surface area contributed by atoms with E-state index < -0.39 is 0 Å². The Bertz CT molecular complexity index is 698. The molecule has 3 aromatic heterocycles. The van der Waals surface area contributed by atoms with Crippen LogP contribution in [0.4, 0.5) is 0 Å². The number of pyridine rings is 1. The largest absolute Gasteiger partial charge is 0.415 e. The van der Waals surface area contributed by atoms with Gasteiger partial charge in [-0.3, -0.25) is 4.98 Å². The highest BCUT2D eigenvalue weighted by molar-refractivity contribution is 7.98. The molecule has 3 aromatic rings. The molecule has 0 aliphatic carbocycles. The number of hydrogen-bond donors (Lipinski definition) is 0. The molecular formula is C13H12N4OS3. The summed E-state index contributed by atoms with van der Waals surface area (Å²) in [5.41, 5.74) is 1.90. The molecule has 0 bridgehead atoms. The number of aromatic nitrogens is 4. The third kappa shape index (κ3) is 3.84. The van der Waals surface area contributed by atoms with Crippen LogP contribution < -0.4 is 0 Å². The molecule has 0 aliphatic rings. The zero-order valence-electron chi connectivity index (χ0n) is 11.2. The van der Waals surface area contributed by atoms with Crippen LogP contribution in [0.25, 0.3) is 10.7 Å². The first kappa shape index (κ1) is 14.6. The summed E-state index contributed by atoms with van der Waals surface area (Å²) in [6.07, 6.45) is 3.78. The molecule has 0 saturated heterocycles. The minimum Gasteiger partial charge on any atom is -0.415 e. The molecule has 0 radical (unpaired) electrons. The fraction of sp³-hybridized carbons (Fsp3) is 0.231. The first-order valence-corrected chi connectivity index (χ1v) is 9.41. The van der Waals surface area contributed by atoms with Crippen molar-refractivity contribution in [3.8, 4) is 10.7 Å². The van der Waals surface area contributed by atoms with Gasteiger partial charge in [0.05, 0.1) is 17.1 Å². The summed E-state index contributed by atoms with van der Waals surface area (Å²) in [6.45, 7) is 0. The van der Waals surface area contributed by atoms with Crippen molar-refractivity contribution in [3.63, 3.8) is 0 Å². The zero-order valence-corrected chi connectivity index (χ0v) is 13.7. The van der Waals surface area contributed by atoms with Gasteiger partial charge in [-0.2, -0.15) is 11.8 Å². The van der Waals surface area contributed by atoms with Crippen LogP contribution in [0.2, 0.25) is 0 Å². The molecular weight excluding hydrogens is 324 g/mol. The van der Waals surface area contributed by atoms with Crippen molar-refractivity contribution in [1.29, 1.82) is 0 Å². The molecule has 0 saturated carbocycles. The van der Waals surface area contributed by atoms with Gasteiger partial charge in [0.1, 0.15) is 5.01 Å². The van der Waals surface area contributed by atoms with Crippen LogP contribution in [-0.4, -0.2) is 26.4 Å². The highest BCUT2D eigenvalue weighted by Crippen LogP contribution is 2.26. The Hall–Kier alpha value is -1.38. The van der Waals surface area contributed by atoms with E-state index in [1.165, 1.54) is 11.8 Å². The smallest absolute Gasteiger partial charge is 0.276 e. The summed E-state index contributed by atoms with van der Waals surface area (Å²) in [4.78, 5) is 8.88. The summed E-state index contributed by atoms with van der Waals surface area (Å²) >= 11 is 4.76. The van der Waals surface area contributed by atoms with Crippen LogP contribution >= 0.6 is 34.9 Å². The average Bonchev–Trinajstić information content (AvgIpc) is 3.16. The minimum atomic E-state index is 0.589. The summed E-state index contributed by atoms with van der Waals surface area (Å²) in [6, 6.07) is 5.82. The van der Waals surface area contributed by atoms with Crippen molar-refractivity contribution >= 4 is 34.9 Å². The van der Waals surface area contributed by atoms with E-state index in [1.54, 1.807) is 29.3 Å². The molecule has 8 heteroatoms. The summed E-state index contributed by atoms with van der Waals surface area (Å²) in [7, 11) is 0. The van der Waals surface area contributed by atoms with Gasteiger partial charge in [-0.05, 0) is 18.4 Å². The second-order valence-corrected chi connectivity index (χ2v) is 6.69. The van der Waals surface area contributed by atoms with Crippen LogP contribution in [0, 0.1) is 0 Å². The molecule has 3 heterocycles. The average molecular weight is 336 g/mol. The van der Waals surface area contributed by atoms with Gasteiger partial charge in [-0.15, -0.1) is 21.5 Å². The highest BCUT2D eigenvalue weighted by Gasteiger charge is 2.09. The number of hydrogen-bond acceptors (Lipinski definition) is 8. The Balaban J connectivity index is 1.62. The Morgan fingerprint density at radius 1 is 1.24 bits per heavy atom. The van der Waals surface area contributed by atoms with Crippen LogP contribution in [0.5, 0.6) is 0 Å². The molecule has 0 aromatic carbocycles. The van der Waals surface area contributed by atoms with Crippen molar-refractivity contribution in [2.45, 2.75) is 16.7 Å². The van der Waals surface area contributed by atoms with Gasteiger partial charge in [0.2, 0.25) is 5.89 Å². The molecule has 0 aliphatic heterocycles. The lowest BCUT2D eigenvalue weighted by atomic mass is 10.4. The monoisotopic (exact) mass is 336 g/mol. The lowest BCUT2D eigenvalue weighted by Gasteiger charge is -1.94. The molecule has 108 valence electrons. The van der Waals surface area contributed by atoms with E-state index in [2.05, 4.69) is 20.2 Å². The first-order valence-electron chi connectivity index (χ1n) is 6.15. The molecule has 21 heavy (non-hydrogen) atoms. The maximum absolute atomic E-state index is 5.52. The van der Waals surface area contributed by atoms with Gasteiger partial charge in [0.25, 0.3) is 5.22 Å². The van der Waals surface area contributed by atoms with E-state index in [9.17, 15) is 0 Å². The van der Waals surface area contributed by atoms with E-state index >= 15 is 0 Å². The zero-order chi connectivity index (χ0) is 14.5. The maximum Gasteiger partial charge on any atom is 0.276 e. The molecule has 3 rings (SSSR count). The van der Waals surface area contributed by atoms with Crippen molar-refractivity contribution in [2.75, 3.05) is 6.26 Å². The fourth-order valence-corrected chi connectivity index (χ4v) is 3.53. The molecule has 0 spiro atoms. The molecule has 0 fully saturated rings. The van der Waals surface area contributed by atoms with Gasteiger partial charge in [-0.1, -0.05) is 17.8 Å². The van der Waals surface area contributed by atoms with Crippen molar-refractivity contribution in [1.82, 2.24) is 20.2 Å². The number of thiazole rings is 1. The summed E-state index contributed by atoms with van der Waals surface area (Å²) < 4.78 is 5.52. The highest BCUT2D eigenvalue weighted by atomic mass is 32.2. The minimum absolute atomic E-state index is 0.589. The van der Waals surface area contributed by atoms with Crippen LogP contribution in [-0.2, 0) is 11.5 Å². The number of nitrogens with zero attached hydrogens (tertiary/aromatic N) is 4. The second kappa shape index (κ2) is 7.06. The third-order valence-electron chi connectivity index (χ3n) is 2.50. The van der Waals surface area contributed by atoms with Crippen LogP contribution in [0.1, 0.15) is 11.6 Å². The molecule has 0 atom stereocenters. The van der Waals surface area contributed by atoms with Crippen molar-refractivity contribution in [2.24, 2.45) is 0 Å². The molecule has 0 N–H and O–H groups in total. The van der Waals surface area contributed by atoms with Gasteiger partial charge in [0, 0.05) is 17.3 Å². The maximum atomic E-state index is 5.52. The lowest BCUT2D eigenvalue weighted by molar-refractivity contribution is 0.426. The summed E-state index contributed by atoms with van der Waals surface area (Å²) in [5.74, 6) is 2.12. The molecule has 0 unspecified atom stereocenters. The number of thioether (sulfide) groups is 2. The predicted octanol–water partition coefficient (Wildman–Crippen LogP) is 3.74. The Labute approximate surface area is 134 Å². The lowest BCUT2D eigenvalue weighted by Crippen LogP contribution is -1.84. The van der Waals surface area contributed by atoms with E-state index in [0.29, 0.717) is 16.9 Å². The number of rotatable bonds is 6. The molecule has 5 nitrogen and oxygen atoms in total. The van der Waals surface area contributed by atoms with Gasteiger partial charge < -0.3 is 4.42 Å². The van der Waals surface area contributed by atoms with Crippen LogP contribution in [0.3, 0.4) is 0 Å². The van der Waals surface area contributed by atoms with Crippen LogP contribution in [0.15, 0.2) is 39.4 Å². The van der Waals surface area contributed by atoms with Crippen molar-refractivity contribution < 1.29 is 4.42 Å². The quantitative estimate of drug-likeness (QED) is 0.635. The van der Waals surface area contributed by atoms with Gasteiger partial charge in [-0.25, -0.2) is 4.98 Å². The topological polar surface area (TPSA) is 64.7 Å². The SMILES string of the molecule is CSCc1nnc(SCc2csc(-c3ccccn3)n2)o1.